The average molecular weight is 618 g/mol. The Hall–Kier alpha value is -3.92. The fraction of sp³-hybridized carbons (Fsp3) is 0.188. The molecule has 4 aromatic rings. The summed E-state index contributed by atoms with van der Waals surface area (Å²) < 4.78 is 8.25. The molecule has 1 saturated heterocycles. The summed E-state index contributed by atoms with van der Waals surface area (Å²) in [4.78, 5) is 26.2. The number of thiocarbonyl (C=S) groups is 1. The molecule has 10 heteroatoms. The zero-order chi connectivity index (χ0) is 29.5. The van der Waals surface area contributed by atoms with Gasteiger partial charge in [-0.2, -0.15) is 5.10 Å². The number of nitrogens with zero attached hydrogens (tertiary/aromatic N) is 3. The molecule has 0 saturated carbocycles. The molecule has 2 heterocycles. The van der Waals surface area contributed by atoms with Gasteiger partial charge in [-0.3, -0.25) is 14.5 Å². The van der Waals surface area contributed by atoms with E-state index in [2.05, 4.69) is 0 Å². The summed E-state index contributed by atoms with van der Waals surface area (Å²) in [6.07, 6.45) is 5.86. The van der Waals surface area contributed by atoms with Gasteiger partial charge in [0, 0.05) is 40.9 Å². The Morgan fingerprint density at radius 1 is 1.00 bits per heavy atom. The third-order valence-corrected chi connectivity index (χ3v) is 8.42. The van der Waals surface area contributed by atoms with E-state index in [-0.39, 0.29) is 12.3 Å². The van der Waals surface area contributed by atoms with Crippen molar-refractivity contribution in [2.75, 3.05) is 6.54 Å². The molecule has 1 amide bonds. The van der Waals surface area contributed by atoms with Crippen LogP contribution in [0.25, 0.3) is 23.0 Å². The SMILES string of the molecule is O=C(O)CCCCCN1C(=O)/C(=C/c2cn(-c3ccccc3)nc2-c2ccc(OCc3ccccc3Cl)cc2)SC1=S. The first-order chi connectivity index (χ1) is 20.4. The highest BCUT2D eigenvalue weighted by Crippen LogP contribution is 2.35. The van der Waals surface area contributed by atoms with Crippen LogP contribution in [-0.2, 0) is 16.2 Å². The molecule has 0 radical (unpaired) electrons. The van der Waals surface area contributed by atoms with E-state index in [0.29, 0.717) is 52.4 Å². The first-order valence-electron chi connectivity index (χ1n) is 13.5. The molecule has 0 unspecified atom stereocenters. The topological polar surface area (TPSA) is 84.7 Å². The summed E-state index contributed by atoms with van der Waals surface area (Å²) >= 11 is 13.0. The van der Waals surface area contributed by atoms with Crippen molar-refractivity contribution >= 4 is 57.9 Å². The molecule has 1 aliphatic heterocycles. The molecule has 214 valence electrons. The number of hydrogen-bond acceptors (Lipinski definition) is 6. The first-order valence-corrected chi connectivity index (χ1v) is 15.1. The second-order valence-corrected chi connectivity index (χ2v) is 11.7. The highest BCUT2D eigenvalue weighted by Gasteiger charge is 2.32. The van der Waals surface area contributed by atoms with Crippen molar-refractivity contribution in [3.8, 4) is 22.7 Å². The van der Waals surface area contributed by atoms with Crippen LogP contribution in [0.4, 0.5) is 0 Å². The molecule has 0 bridgehead atoms. The third kappa shape index (κ3) is 7.28. The number of amides is 1. The lowest BCUT2D eigenvalue weighted by molar-refractivity contribution is -0.137. The molecular weight excluding hydrogens is 590 g/mol. The van der Waals surface area contributed by atoms with Gasteiger partial charge >= 0.3 is 5.97 Å². The molecule has 1 fully saturated rings. The normalized spacial score (nSPS) is 14.1. The van der Waals surface area contributed by atoms with Crippen LogP contribution in [-0.4, -0.2) is 42.5 Å². The van der Waals surface area contributed by atoms with Crippen LogP contribution in [0.2, 0.25) is 5.02 Å². The first kappa shape index (κ1) is 29.6. The number of aromatic nitrogens is 2. The lowest BCUT2D eigenvalue weighted by atomic mass is 10.1. The van der Waals surface area contributed by atoms with Gasteiger partial charge in [-0.15, -0.1) is 0 Å². The van der Waals surface area contributed by atoms with Gasteiger partial charge in [0.15, 0.2) is 0 Å². The van der Waals surface area contributed by atoms with Gasteiger partial charge in [0.05, 0.1) is 16.3 Å². The van der Waals surface area contributed by atoms with E-state index in [1.165, 1.54) is 11.8 Å². The van der Waals surface area contributed by atoms with E-state index in [1.807, 2.05) is 91.1 Å². The van der Waals surface area contributed by atoms with E-state index in [0.717, 1.165) is 28.1 Å². The number of carboxylic acid groups (broad SMARTS) is 1. The molecule has 42 heavy (non-hydrogen) atoms. The largest absolute Gasteiger partial charge is 0.489 e. The Morgan fingerprint density at radius 3 is 2.48 bits per heavy atom. The van der Waals surface area contributed by atoms with Gasteiger partial charge < -0.3 is 9.84 Å². The number of benzene rings is 3. The standard InChI is InChI=1S/C32H28ClN3O4S2/c33-27-12-7-6-9-23(27)21-40-26-16-14-22(15-17-26)30-24(20-36(34-30)25-10-3-1-4-11-25)19-28-31(39)35(32(41)42-28)18-8-2-5-13-29(37)38/h1,3-4,6-7,9-12,14-17,19-20H,2,5,8,13,18,21H2,(H,37,38)/b28-19-. The maximum Gasteiger partial charge on any atom is 0.303 e. The molecular formula is C32H28ClN3O4S2. The minimum absolute atomic E-state index is 0.126. The van der Waals surface area contributed by atoms with Gasteiger partial charge in [-0.1, -0.05) is 78.4 Å². The summed E-state index contributed by atoms with van der Waals surface area (Å²) in [5.41, 5.74) is 4.17. The number of aliphatic carboxylic acids is 1. The van der Waals surface area contributed by atoms with E-state index >= 15 is 0 Å². The van der Waals surface area contributed by atoms with Crippen LogP contribution in [0.5, 0.6) is 5.75 Å². The van der Waals surface area contributed by atoms with Gasteiger partial charge in [0.25, 0.3) is 5.91 Å². The quantitative estimate of drug-likeness (QED) is 0.0994. The van der Waals surface area contributed by atoms with Crippen molar-refractivity contribution in [3.05, 3.63) is 106 Å². The number of rotatable bonds is 12. The van der Waals surface area contributed by atoms with Crippen LogP contribution in [0.3, 0.4) is 0 Å². The van der Waals surface area contributed by atoms with E-state index in [4.69, 9.17) is 38.8 Å². The summed E-state index contributed by atoms with van der Waals surface area (Å²) in [6, 6.07) is 25.0. The zero-order valence-corrected chi connectivity index (χ0v) is 25.0. The maximum atomic E-state index is 13.3. The van der Waals surface area contributed by atoms with Gasteiger partial charge in [0.1, 0.15) is 16.7 Å². The molecule has 1 N–H and O–H groups in total. The molecule has 1 aliphatic rings. The number of thioether (sulfide) groups is 1. The third-order valence-electron chi connectivity index (χ3n) is 6.68. The van der Waals surface area contributed by atoms with Crippen LogP contribution < -0.4 is 4.74 Å². The van der Waals surface area contributed by atoms with Crippen molar-refractivity contribution in [1.29, 1.82) is 0 Å². The molecule has 0 spiro atoms. The van der Waals surface area contributed by atoms with Crippen LogP contribution in [0.15, 0.2) is 90.0 Å². The number of carbonyl (C=O) groups is 2. The molecule has 1 aromatic heterocycles. The predicted octanol–water partition coefficient (Wildman–Crippen LogP) is 7.62. The zero-order valence-electron chi connectivity index (χ0n) is 22.6. The highest BCUT2D eigenvalue weighted by atomic mass is 35.5. The number of ether oxygens (including phenoxy) is 1. The molecule has 0 atom stereocenters. The van der Waals surface area contributed by atoms with E-state index in [1.54, 1.807) is 9.58 Å². The van der Waals surface area contributed by atoms with Gasteiger partial charge in [-0.25, -0.2) is 4.68 Å². The summed E-state index contributed by atoms with van der Waals surface area (Å²) in [7, 11) is 0. The van der Waals surface area contributed by atoms with E-state index in [9.17, 15) is 9.59 Å². The molecule has 3 aromatic carbocycles. The van der Waals surface area contributed by atoms with Crippen LogP contribution in [0.1, 0.15) is 36.8 Å². The Bertz CT molecular complexity index is 1620. The number of carbonyl (C=O) groups excluding carboxylic acids is 1. The summed E-state index contributed by atoms with van der Waals surface area (Å²) in [6.45, 7) is 0.821. The number of unbranched alkanes of at least 4 members (excludes halogenated alkanes) is 2. The Morgan fingerprint density at radius 2 is 1.74 bits per heavy atom. The maximum absolute atomic E-state index is 13.3. The summed E-state index contributed by atoms with van der Waals surface area (Å²) in [5, 5.41) is 14.4. The molecule has 5 rings (SSSR count). The minimum atomic E-state index is -0.810. The van der Waals surface area contributed by atoms with Gasteiger partial charge in [-0.05, 0) is 61.4 Å². The number of para-hydroxylation sites is 1. The molecule has 0 aliphatic carbocycles. The van der Waals surface area contributed by atoms with Crippen LogP contribution >= 0.6 is 35.6 Å². The van der Waals surface area contributed by atoms with Crippen molar-refractivity contribution < 1.29 is 19.4 Å². The van der Waals surface area contributed by atoms with Crippen molar-refractivity contribution in [2.45, 2.75) is 32.3 Å². The summed E-state index contributed by atoms with van der Waals surface area (Å²) in [5.74, 6) is -0.258. The second-order valence-electron chi connectivity index (χ2n) is 9.66. The van der Waals surface area contributed by atoms with E-state index < -0.39 is 5.97 Å². The second kappa shape index (κ2) is 13.8. The van der Waals surface area contributed by atoms with Crippen molar-refractivity contribution in [1.82, 2.24) is 14.7 Å². The fourth-order valence-electron chi connectivity index (χ4n) is 4.47. The number of carboxylic acids is 1. The smallest absolute Gasteiger partial charge is 0.303 e. The number of hydrogen-bond donors (Lipinski definition) is 1. The fourth-order valence-corrected chi connectivity index (χ4v) is 5.96. The number of halogens is 1. The Balaban J connectivity index is 1.36. The minimum Gasteiger partial charge on any atom is -0.489 e. The lowest BCUT2D eigenvalue weighted by Gasteiger charge is -2.13. The average Bonchev–Trinajstić information content (AvgIpc) is 3.53. The van der Waals surface area contributed by atoms with Gasteiger partial charge in [0.2, 0.25) is 0 Å². The predicted molar refractivity (Wildman–Crippen MR) is 171 cm³/mol. The van der Waals surface area contributed by atoms with Crippen LogP contribution in [0, 0.1) is 0 Å². The monoisotopic (exact) mass is 617 g/mol. The Kier molecular flexibility index (Phi) is 9.74. The molecule has 7 nitrogen and oxygen atoms in total. The lowest BCUT2D eigenvalue weighted by Crippen LogP contribution is -2.29. The van der Waals surface area contributed by atoms with Crippen molar-refractivity contribution in [3.63, 3.8) is 0 Å². The Labute approximate surface area is 258 Å². The van der Waals surface area contributed by atoms with Crippen molar-refractivity contribution in [2.24, 2.45) is 0 Å². The highest BCUT2D eigenvalue weighted by molar-refractivity contribution is 8.26.